The topological polar surface area (TPSA) is 72.7 Å². The van der Waals surface area contributed by atoms with Crippen LogP contribution in [0.2, 0.25) is 0 Å². The Balaban J connectivity index is 1.53. The zero-order valence-corrected chi connectivity index (χ0v) is 13.0. The van der Waals surface area contributed by atoms with Crippen molar-refractivity contribution in [1.82, 2.24) is 24.8 Å². The molecule has 0 aliphatic heterocycles. The Bertz CT molecular complexity index is 679. The molecule has 0 spiro atoms. The summed E-state index contributed by atoms with van der Waals surface area (Å²) in [6.45, 7) is 4.34. The third-order valence-electron chi connectivity index (χ3n) is 4.13. The summed E-state index contributed by atoms with van der Waals surface area (Å²) < 4.78 is 2.01. The van der Waals surface area contributed by atoms with Crippen LogP contribution in [-0.4, -0.2) is 25.4 Å². The number of amides is 1. The van der Waals surface area contributed by atoms with Gasteiger partial charge in [0.05, 0.1) is 6.54 Å². The number of fused-ring (bicyclic) bond motifs is 1. The van der Waals surface area contributed by atoms with Crippen LogP contribution >= 0.6 is 0 Å². The molecule has 0 bridgehead atoms. The van der Waals surface area contributed by atoms with Gasteiger partial charge in [-0.25, -0.2) is 15.0 Å². The van der Waals surface area contributed by atoms with Gasteiger partial charge in [0.2, 0.25) is 5.91 Å². The number of aryl methyl sites for hydroxylation is 3. The summed E-state index contributed by atoms with van der Waals surface area (Å²) in [5.74, 6) is 1.62. The number of carbonyl (C=O) groups is 1. The van der Waals surface area contributed by atoms with Gasteiger partial charge in [0.25, 0.3) is 0 Å². The largest absolute Gasteiger partial charge is 0.349 e. The summed E-state index contributed by atoms with van der Waals surface area (Å²) in [4.78, 5) is 25.1. The van der Waals surface area contributed by atoms with E-state index in [1.807, 2.05) is 30.8 Å². The highest BCUT2D eigenvalue weighted by atomic mass is 16.1. The van der Waals surface area contributed by atoms with E-state index in [0.717, 1.165) is 30.8 Å². The van der Waals surface area contributed by atoms with E-state index >= 15 is 0 Å². The summed E-state index contributed by atoms with van der Waals surface area (Å²) in [6.07, 6.45) is 9.22. The van der Waals surface area contributed by atoms with Crippen molar-refractivity contribution < 1.29 is 4.79 Å². The van der Waals surface area contributed by atoms with Crippen molar-refractivity contribution in [3.63, 3.8) is 0 Å². The highest BCUT2D eigenvalue weighted by molar-refractivity contribution is 5.76. The predicted molar refractivity (Wildman–Crippen MR) is 82.2 cm³/mol. The maximum atomic E-state index is 12.1. The zero-order chi connectivity index (χ0) is 15.5. The van der Waals surface area contributed by atoms with Gasteiger partial charge in [0, 0.05) is 36.7 Å². The van der Waals surface area contributed by atoms with Gasteiger partial charge in [-0.15, -0.1) is 0 Å². The molecule has 0 saturated carbocycles. The van der Waals surface area contributed by atoms with E-state index < -0.39 is 0 Å². The molecule has 1 unspecified atom stereocenters. The Morgan fingerprint density at radius 2 is 2.27 bits per heavy atom. The molecule has 1 amide bonds. The summed E-state index contributed by atoms with van der Waals surface area (Å²) in [7, 11) is 0. The first-order valence-corrected chi connectivity index (χ1v) is 7.73. The minimum Gasteiger partial charge on any atom is -0.349 e. The molecule has 1 N–H and O–H groups in total. The minimum absolute atomic E-state index is 0.00435. The quantitative estimate of drug-likeness (QED) is 0.912. The van der Waals surface area contributed by atoms with E-state index in [2.05, 4.69) is 20.3 Å². The molecule has 6 nitrogen and oxygen atoms in total. The molecule has 0 fully saturated rings. The van der Waals surface area contributed by atoms with Crippen LogP contribution in [0.15, 0.2) is 18.6 Å². The second-order valence-electron chi connectivity index (χ2n) is 5.82. The normalized spacial score (nSPS) is 14.6. The first-order chi connectivity index (χ1) is 10.6. The third-order valence-corrected chi connectivity index (χ3v) is 4.13. The molecule has 3 rings (SSSR count). The first-order valence-electron chi connectivity index (χ1n) is 7.73. The van der Waals surface area contributed by atoms with E-state index in [-0.39, 0.29) is 11.9 Å². The van der Waals surface area contributed by atoms with Crippen LogP contribution in [0.1, 0.15) is 48.7 Å². The first kappa shape index (κ1) is 14.7. The van der Waals surface area contributed by atoms with Gasteiger partial charge in [-0.2, -0.15) is 0 Å². The summed E-state index contributed by atoms with van der Waals surface area (Å²) in [6, 6.07) is 0.0865. The van der Waals surface area contributed by atoms with Crippen molar-refractivity contribution in [2.24, 2.45) is 0 Å². The van der Waals surface area contributed by atoms with Crippen molar-refractivity contribution in [2.45, 2.75) is 52.1 Å². The van der Waals surface area contributed by atoms with Gasteiger partial charge < -0.3 is 9.88 Å². The molecule has 0 aromatic carbocycles. The number of hydrogen-bond donors (Lipinski definition) is 1. The fourth-order valence-corrected chi connectivity index (χ4v) is 2.91. The Morgan fingerprint density at radius 3 is 3.05 bits per heavy atom. The Kier molecular flexibility index (Phi) is 4.18. The summed E-state index contributed by atoms with van der Waals surface area (Å²) in [5.41, 5.74) is 2.39. The average Bonchev–Trinajstić information content (AvgIpc) is 3.12. The van der Waals surface area contributed by atoms with Crippen LogP contribution in [0.25, 0.3) is 0 Å². The van der Waals surface area contributed by atoms with E-state index in [0.29, 0.717) is 18.8 Å². The minimum atomic E-state index is 0.00435. The number of aromatic nitrogens is 4. The maximum Gasteiger partial charge on any atom is 0.222 e. The molecule has 2 aromatic heterocycles. The molecule has 2 heterocycles. The molecule has 1 aliphatic carbocycles. The van der Waals surface area contributed by atoms with Gasteiger partial charge >= 0.3 is 0 Å². The highest BCUT2D eigenvalue weighted by Gasteiger charge is 2.15. The predicted octanol–water partition coefficient (Wildman–Crippen LogP) is 1.74. The van der Waals surface area contributed by atoms with Crippen LogP contribution in [-0.2, 0) is 24.2 Å². The van der Waals surface area contributed by atoms with Gasteiger partial charge in [-0.1, -0.05) is 0 Å². The van der Waals surface area contributed by atoms with Crippen molar-refractivity contribution in [3.05, 3.63) is 41.5 Å². The van der Waals surface area contributed by atoms with Crippen LogP contribution in [0.4, 0.5) is 0 Å². The number of carbonyl (C=O) groups excluding carboxylic acids is 1. The summed E-state index contributed by atoms with van der Waals surface area (Å²) >= 11 is 0. The van der Waals surface area contributed by atoms with Crippen molar-refractivity contribution in [2.75, 3.05) is 0 Å². The number of nitrogens with zero attached hydrogens (tertiary/aromatic N) is 4. The molecular weight excluding hydrogens is 278 g/mol. The van der Waals surface area contributed by atoms with Crippen LogP contribution in [0.5, 0.6) is 0 Å². The lowest BCUT2D eigenvalue weighted by Gasteiger charge is -2.14. The zero-order valence-electron chi connectivity index (χ0n) is 13.0. The molecule has 116 valence electrons. The van der Waals surface area contributed by atoms with E-state index in [1.165, 1.54) is 5.56 Å². The molecule has 2 aromatic rings. The van der Waals surface area contributed by atoms with Gasteiger partial charge in [-0.3, -0.25) is 4.79 Å². The molecule has 1 aliphatic rings. The molecule has 0 radical (unpaired) electrons. The number of imidazole rings is 1. The van der Waals surface area contributed by atoms with E-state index in [1.54, 1.807) is 6.20 Å². The molecular formula is C16H21N5O. The lowest BCUT2D eigenvalue weighted by atomic mass is 10.2. The van der Waals surface area contributed by atoms with Crippen molar-refractivity contribution >= 4 is 5.91 Å². The molecule has 1 atom stereocenters. The average molecular weight is 299 g/mol. The van der Waals surface area contributed by atoms with E-state index in [4.69, 9.17) is 0 Å². The number of nitrogens with one attached hydrogen (secondary N) is 1. The highest BCUT2D eigenvalue weighted by Crippen LogP contribution is 2.18. The van der Waals surface area contributed by atoms with Gasteiger partial charge in [-0.05, 0) is 38.7 Å². The molecule has 6 heteroatoms. The fourth-order valence-electron chi connectivity index (χ4n) is 2.91. The second-order valence-corrected chi connectivity index (χ2v) is 5.82. The lowest BCUT2D eigenvalue weighted by molar-refractivity contribution is -0.121. The van der Waals surface area contributed by atoms with E-state index in [9.17, 15) is 4.79 Å². The Hall–Kier alpha value is -2.24. The Morgan fingerprint density at radius 1 is 1.41 bits per heavy atom. The molecule has 22 heavy (non-hydrogen) atoms. The lowest BCUT2D eigenvalue weighted by Crippen LogP contribution is -2.26. The molecule has 0 saturated heterocycles. The van der Waals surface area contributed by atoms with Gasteiger partial charge in [0.1, 0.15) is 11.6 Å². The van der Waals surface area contributed by atoms with Crippen molar-refractivity contribution in [3.8, 4) is 0 Å². The fraction of sp³-hybridized carbons (Fsp3) is 0.500. The maximum absolute atomic E-state index is 12.1. The SMILES string of the molecule is Cc1nccn1C(C)CC(=O)NCc1ncc2c(n1)CCC2. The second kappa shape index (κ2) is 6.25. The number of rotatable bonds is 5. The van der Waals surface area contributed by atoms with Crippen LogP contribution < -0.4 is 5.32 Å². The van der Waals surface area contributed by atoms with Crippen LogP contribution in [0.3, 0.4) is 0 Å². The number of hydrogen-bond acceptors (Lipinski definition) is 4. The third kappa shape index (κ3) is 3.16. The van der Waals surface area contributed by atoms with Crippen LogP contribution in [0, 0.1) is 6.92 Å². The summed E-state index contributed by atoms with van der Waals surface area (Å²) in [5, 5.41) is 2.90. The Labute approximate surface area is 130 Å². The smallest absolute Gasteiger partial charge is 0.222 e. The standard InChI is InChI=1S/C16H21N5O/c1-11(21-7-6-17-12(21)2)8-16(22)19-10-15-18-9-13-4-3-5-14(13)20-15/h6-7,9,11H,3-5,8,10H2,1-2H3,(H,19,22). The van der Waals surface area contributed by atoms with Gasteiger partial charge in [0.15, 0.2) is 0 Å². The monoisotopic (exact) mass is 299 g/mol. The van der Waals surface area contributed by atoms with Crippen molar-refractivity contribution in [1.29, 1.82) is 0 Å².